The van der Waals surface area contributed by atoms with E-state index in [2.05, 4.69) is 40.7 Å². The normalized spacial score (nSPS) is 17.4. The number of carbonyl (C=O) groups excluding carboxylic acids is 1. The first-order valence-corrected chi connectivity index (χ1v) is 10.5. The Morgan fingerprint density at radius 2 is 2.18 bits per heavy atom. The summed E-state index contributed by atoms with van der Waals surface area (Å²) in [6.45, 7) is 10.2. The van der Waals surface area contributed by atoms with Crippen molar-refractivity contribution in [2.24, 2.45) is 10.9 Å². The summed E-state index contributed by atoms with van der Waals surface area (Å²) >= 11 is 0. The van der Waals surface area contributed by atoms with Crippen LogP contribution in [0.4, 0.5) is 0 Å². The first-order chi connectivity index (χ1) is 13.5. The van der Waals surface area contributed by atoms with Gasteiger partial charge < -0.3 is 20.3 Å². The van der Waals surface area contributed by atoms with E-state index in [1.807, 2.05) is 18.7 Å². The Morgan fingerprint density at radius 1 is 1.36 bits per heavy atom. The zero-order valence-electron chi connectivity index (χ0n) is 17.9. The van der Waals surface area contributed by atoms with Crippen LogP contribution in [0.5, 0.6) is 5.75 Å². The molecule has 1 unspecified atom stereocenters. The molecule has 1 aliphatic rings. The second-order valence-electron chi connectivity index (χ2n) is 7.58. The minimum absolute atomic E-state index is 0.220. The fraction of sp³-hybridized carbons (Fsp3) is 0.636. The Kier molecular flexibility index (Phi) is 9.11. The number of guanidine groups is 1. The molecular formula is C22H36N4O2. The number of ether oxygens (including phenoxy) is 1. The van der Waals surface area contributed by atoms with E-state index in [-0.39, 0.29) is 5.91 Å². The van der Waals surface area contributed by atoms with Gasteiger partial charge in [0.1, 0.15) is 5.75 Å². The molecular weight excluding hydrogens is 352 g/mol. The number of nitrogens with one attached hydrogen (secondary N) is 2. The molecule has 0 aliphatic carbocycles. The maximum atomic E-state index is 12.4. The van der Waals surface area contributed by atoms with Gasteiger partial charge in [-0.05, 0) is 56.2 Å². The van der Waals surface area contributed by atoms with Gasteiger partial charge in [-0.2, -0.15) is 0 Å². The number of nitrogens with zero attached hydrogens (tertiary/aromatic N) is 2. The standard InChI is InChI=1S/C22H36N4O2/c1-5-23-22(24-12-10-19-9-8-18(3)20(15-19)28-4)25-13-11-21(27)26-14-6-7-17(2)16-26/h8-9,15,17H,5-7,10-14,16H2,1-4H3,(H2,23,24,25). The summed E-state index contributed by atoms with van der Waals surface area (Å²) in [6.07, 6.45) is 3.69. The number of piperidine rings is 1. The van der Waals surface area contributed by atoms with Crippen molar-refractivity contribution in [3.05, 3.63) is 29.3 Å². The molecule has 1 aromatic rings. The van der Waals surface area contributed by atoms with E-state index < -0.39 is 0 Å². The van der Waals surface area contributed by atoms with Gasteiger partial charge in [-0.3, -0.25) is 9.79 Å². The van der Waals surface area contributed by atoms with Crippen LogP contribution in [-0.4, -0.2) is 56.6 Å². The smallest absolute Gasteiger partial charge is 0.224 e. The van der Waals surface area contributed by atoms with Gasteiger partial charge in [0.15, 0.2) is 5.96 Å². The third-order valence-corrected chi connectivity index (χ3v) is 5.13. The summed E-state index contributed by atoms with van der Waals surface area (Å²) < 4.78 is 5.39. The Bertz CT molecular complexity index is 660. The molecule has 0 aromatic heterocycles. The molecule has 0 spiro atoms. The van der Waals surface area contributed by atoms with Crippen LogP contribution in [0.15, 0.2) is 23.2 Å². The molecule has 0 saturated carbocycles. The van der Waals surface area contributed by atoms with Crippen molar-refractivity contribution in [2.75, 3.05) is 39.8 Å². The Morgan fingerprint density at radius 3 is 2.89 bits per heavy atom. The maximum Gasteiger partial charge on any atom is 0.224 e. The summed E-state index contributed by atoms with van der Waals surface area (Å²) in [4.78, 5) is 18.9. The Hall–Kier alpha value is -2.24. The molecule has 28 heavy (non-hydrogen) atoms. The fourth-order valence-electron chi connectivity index (χ4n) is 3.52. The predicted molar refractivity (Wildman–Crippen MR) is 115 cm³/mol. The molecule has 1 heterocycles. The van der Waals surface area contributed by atoms with Gasteiger partial charge in [-0.25, -0.2) is 0 Å². The highest BCUT2D eigenvalue weighted by molar-refractivity contribution is 5.80. The molecule has 0 radical (unpaired) electrons. The van der Waals surface area contributed by atoms with E-state index in [1.165, 1.54) is 12.0 Å². The topological polar surface area (TPSA) is 66.0 Å². The molecule has 1 aliphatic heterocycles. The second kappa shape index (κ2) is 11.6. The molecule has 1 aromatic carbocycles. The van der Waals surface area contributed by atoms with E-state index in [0.29, 0.717) is 18.9 Å². The van der Waals surface area contributed by atoms with Crippen LogP contribution in [0.2, 0.25) is 0 Å². The molecule has 1 amide bonds. The summed E-state index contributed by atoms with van der Waals surface area (Å²) in [5, 5.41) is 6.60. The third kappa shape index (κ3) is 7.06. The molecule has 1 saturated heterocycles. The quantitative estimate of drug-likeness (QED) is 0.531. The molecule has 1 atom stereocenters. The number of rotatable bonds is 8. The van der Waals surface area contributed by atoms with Gasteiger partial charge in [-0.15, -0.1) is 0 Å². The number of aryl methyl sites for hydroxylation is 1. The molecule has 156 valence electrons. The van der Waals surface area contributed by atoms with Crippen LogP contribution in [0, 0.1) is 12.8 Å². The lowest BCUT2D eigenvalue weighted by Crippen LogP contribution is -2.40. The van der Waals surface area contributed by atoms with Gasteiger partial charge in [-0.1, -0.05) is 19.1 Å². The fourth-order valence-corrected chi connectivity index (χ4v) is 3.52. The number of hydrogen-bond donors (Lipinski definition) is 2. The maximum absolute atomic E-state index is 12.4. The van der Waals surface area contributed by atoms with Gasteiger partial charge in [0.2, 0.25) is 5.91 Å². The van der Waals surface area contributed by atoms with Gasteiger partial charge in [0.25, 0.3) is 0 Å². The number of amides is 1. The summed E-state index contributed by atoms with van der Waals surface area (Å²) in [6, 6.07) is 6.29. The summed E-state index contributed by atoms with van der Waals surface area (Å²) in [5.41, 5.74) is 2.36. The number of hydrogen-bond acceptors (Lipinski definition) is 3. The van der Waals surface area contributed by atoms with Gasteiger partial charge in [0.05, 0.1) is 13.7 Å². The number of benzene rings is 1. The van der Waals surface area contributed by atoms with Crippen LogP contribution < -0.4 is 15.4 Å². The second-order valence-corrected chi connectivity index (χ2v) is 7.58. The van der Waals surface area contributed by atoms with E-state index >= 15 is 0 Å². The lowest BCUT2D eigenvalue weighted by molar-refractivity contribution is -0.132. The number of methoxy groups -OCH3 is 1. The Balaban J connectivity index is 1.79. The highest BCUT2D eigenvalue weighted by Crippen LogP contribution is 2.19. The summed E-state index contributed by atoms with van der Waals surface area (Å²) in [5.74, 6) is 2.52. The van der Waals surface area contributed by atoms with Crippen molar-refractivity contribution in [3.63, 3.8) is 0 Å². The average molecular weight is 389 g/mol. The molecule has 2 rings (SSSR count). The molecule has 6 nitrogen and oxygen atoms in total. The van der Waals surface area contributed by atoms with Crippen molar-refractivity contribution in [1.29, 1.82) is 0 Å². The first kappa shape index (κ1) is 22.1. The van der Waals surface area contributed by atoms with Crippen molar-refractivity contribution in [1.82, 2.24) is 15.5 Å². The van der Waals surface area contributed by atoms with E-state index in [9.17, 15) is 4.79 Å². The lowest BCUT2D eigenvalue weighted by Gasteiger charge is -2.30. The Labute approximate surface area is 169 Å². The number of carbonyl (C=O) groups is 1. The first-order valence-electron chi connectivity index (χ1n) is 10.5. The molecule has 2 N–H and O–H groups in total. The zero-order chi connectivity index (χ0) is 20.4. The van der Waals surface area contributed by atoms with E-state index in [0.717, 1.165) is 56.3 Å². The molecule has 6 heteroatoms. The minimum Gasteiger partial charge on any atom is -0.496 e. The SMILES string of the molecule is CCNC(=NCCC(=O)N1CCCC(C)C1)NCCc1ccc(C)c(OC)c1. The predicted octanol–water partition coefficient (Wildman–Crippen LogP) is 2.75. The van der Waals surface area contributed by atoms with Crippen molar-refractivity contribution in [3.8, 4) is 5.75 Å². The number of aliphatic imine (C=N–C) groups is 1. The molecule has 0 bridgehead atoms. The van der Waals surface area contributed by atoms with E-state index in [4.69, 9.17) is 4.74 Å². The van der Waals surface area contributed by atoms with Crippen LogP contribution in [0.25, 0.3) is 0 Å². The monoisotopic (exact) mass is 388 g/mol. The number of likely N-dealkylation sites (tertiary alicyclic amines) is 1. The third-order valence-electron chi connectivity index (χ3n) is 5.13. The van der Waals surface area contributed by atoms with Crippen LogP contribution in [0.1, 0.15) is 44.2 Å². The highest BCUT2D eigenvalue weighted by atomic mass is 16.5. The zero-order valence-corrected chi connectivity index (χ0v) is 17.9. The van der Waals surface area contributed by atoms with Crippen molar-refractivity contribution >= 4 is 11.9 Å². The van der Waals surface area contributed by atoms with Crippen molar-refractivity contribution in [2.45, 2.75) is 46.5 Å². The summed E-state index contributed by atoms with van der Waals surface area (Å²) in [7, 11) is 1.70. The van der Waals surface area contributed by atoms with Gasteiger partial charge in [0, 0.05) is 32.6 Å². The molecule has 1 fully saturated rings. The highest BCUT2D eigenvalue weighted by Gasteiger charge is 2.20. The largest absolute Gasteiger partial charge is 0.496 e. The lowest BCUT2D eigenvalue weighted by atomic mass is 10.00. The van der Waals surface area contributed by atoms with Crippen LogP contribution in [-0.2, 0) is 11.2 Å². The van der Waals surface area contributed by atoms with Crippen molar-refractivity contribution < 1.29 is 9.53 Å². The van der Waals surface area contributed by atoms with E-state index in [1.54, 1.807) is 7.11 Å². The van der Waals surface area contributed by atoms with Crippen LogP contribution >= 0.6 is 0 Å². The minimum atomic E-state index is 0.220. The van der Waals surface area contributed by atoms with Crippen LogP contribution in [0.3, 0.4) is 0 Å². The van der Waals surface area contributed by atoms with Gasteiger partial charge >= 0.3 is 0 Å². The average Bonchev–Trinajstić information content (AvgIpc) is 2.69.